The van der Waals surface area contributed by atoms with E-state index >= 15 is 0 Å². The van der Waals surface area contributed by atoms with Gasteiger partial charge in [-0.15, -0.1) is 5.10 Å². The molecular weight excluding hydrogens is 444 g/mol. The molecule has 1 aromatic heterocycles. The number of aromatic nitrogens is 3. The lowest BCUT2D eigenvalue weighted by molar-refractivity contribution is -0.115. The van der Waals surface area contributed by atoms with Crippen LogP contribution in [0.4, 0.5) is 5.69 Å². The van der Waals surface area contributed by atoms with Crippen LogP contribution in [0.1, 0.15) is 52.7 Å². The van der Waals surface area contributed by atoms with E-state index in [1.165, 1.54) is 18.7 Å². The number of anilines is 1. The van der Waals surface area contributed by atoms with Gasteiger partial charge in [-0.1, -0.05) is 72.4 Å². The summed E-state index contributed by atoms with van der Waals surface area (Å²) >= 11 is 1.33. The van der Waals surface area contributed by atoms with Crippen LogP contribution in [0.15, 0.2) is 90.1 Å². The highest BCUT2D eigenvalue weighted by molar-refractivity contribution is 8.00. The number of carbonyl (C=O) groups excluding carboxylic acids is 2. The van der Waals surface area contributed by atoms with Crippen LogP contribution in [-0.2, 0) is 4.79 Å². The van der Waals surface area contributed by atoms with Gasteiger partial charge in [-0.2, -0.15) is 0 Å². The first kappa shape index (κ1) is 22.1. The van der Waals surface area contributed by atoms with Crippen molar-refractivity contribution in [1.82, 2.24) is 14.8 Å². The van der Waals surface area contributed by atoms with Gasteiger partial charge >= 0.3 is 0 Å². The average molecular weight is 469 g/mol. The molecule has 4 aromatic rings. The number of ketones is 1. The molecule has 1 fully saturated rings. The second-order valence-corrected chi connectivity index (χ2v) is 9.38. The molecule has 34 heavy (non-hydrogen) atoms. The first-order valence-corrected chi connectivity index (χ1v) is 12.1. The number of para-hydroxylation sites is 1. The Bertz CT molecular complexity index is 1320. The van der Waals surface area contributed by atoms with E-state index in [0.29, 0.717) is 22.3 Å². The van der Waals surface area contributed by atoms with Crippen molar-refractivity contribution in [2.75, 3.05) is 5.32 Å². The summed E-state index contributed by atoms with van der Waals surface area (Å²) in [5, 5.41) is 7.76. The minimum absolute atomic E-state index is 0.0478. The molecule has 0 spiro atoms. The van der Waals surface area contributed by atoms with E-state index in [2.05, 4.69) is 5.32 Å². The molecule has 1 saturated carbocycles. The normalized spacial score (nSPS) is 13.9. The van der Waals surface area contributed by atoms with Gasteiger partial charge in [0.1, 0.15) is 11.1 Å². The molecule has 0 aliphatic heterocycles. The van der Waals surface area contributed by atoms with Crippen molar-refractivity contribution in [1.29, 1.82) is 0 Å². The van der Waals surface area contributed by atoms with E-state index < -0.39 is 5.25 Å². The molecule has 0 radical (unpaired) electrons. The maximum atomic E-state index is 13.4. The van der Waals surface area contributed by atoms with E-state index in [9.17, 15) is 9.59 Å². The molecule has 1 aliphatic carbocycles. The van der Waals surface area contributed by atoms with Crippen molar-refractivity contribution in [2.45, 2.75) is 36.1 Å². The summed E-state index contributed by atoms with van der Waals surface area (Å²) in [5.41, 5.74) is 2.96. The molecule has 6 nitrogen and oxygen atoms in total. The standard InChI is InChI=1S/C27H24N4O2S/c1-18(32)21-11-8-12-22(17-21)28-26(33)24(19-9-4-2-5-10-19)34-27-29-25(20-15-16-20)31(30-27)23-13-6-3-7-14-23/h2-14,17,20,24H,15-16H2,1H3,(H,28,33)/t24-/m1/s1. The highest BCUT2D eigenvalue weighted by Gasteiger charge is 2.32. The number of nitrogens with one attached hydrogen (secondary N) is 1. The van der Waals surface area contributed by atoms with Gasteiger partial charge in [0, 0.05) is 17.2 Å². The van der Waals surface area contributed by atoms with Gasteiger partial charge in [-0.25, -0.2) is 9.67 Å². The lowest BCUT2D eigenvalue weighted by Gasteiger charge is -2.16. The van der Waals surface area contributed by atoms with Gasteiger partial charge in [-0.05, 0) is 49.6 Å². The SMILES string of the molecule is CC(=O)c1cccc(NC(=O)[C@H](Sc2nc(C3CC3)n(-c3ccccc3)n2)c2ccccc2)c1. The highest BCUT2D eigenvalue weighted by Crippen LogP contribution is 2.42. The first-order chi connectivity index (χ1) is 16.6. The molecule has 1 aliphatic rings. The van der Waals surface area contributed by atoms with E-state index in [1.54, 1.807) is 24.3 Å². The molecule has 1 amide bonds. The summed E-state index contributed by atoms with van der Waals surface area (Å²) in [5.74, 6) is 1.10. The zero-order chi connectivity index (χ0) is 23.5. The van der Waals surface area contributed by atoms with Gasteiger partial charge < -0.3 is 5.32 Å². The summed E-state index contributed by atoms with van der Waals surface area (Å²) < 4.78 is 1.90. The van der Waals surface area contributed by atoms with Gasteiger partial charge in [0.05, 0.1) is 5.69 Å². The van der Waals surface area contributed by atoms with E-state index in [1.807, 2.05) is 65.3 Å². The van der Waals surface area contributed by atoms with Crippen molar-refractivity contribution in [3.05, 3.63) is 102 Å². The summed E-state index contributed by atoms with van der Waals surface area (Å²) in [6.45, 7) is 1.51. The third kappa shape index (κ3) is 4.94. The summed E-state index contributed by atoms with van der Waals surface area (Å²) in [6, 6.07) is 26.6. The average Bonchev–Trinajstić information content (AvgIpc) is 3.63. The molecule has 0 bridgehead atoms. The van der Waals surface area contributed by atoms with Crippen LogP contribution in [0.3, 0.4) is 0 Å². The van der Waals surface area contributed by atoms with Crippen LogP contribution in [0.2, 0.25) is 0 Å². The second-order valence-electron chi connectivity index (χ2n) is 8.31. The fraction of sp³-hybridized carbons (Fsp3) is 0.185. The molecule has 170 valence electrons. The van der Waals surface area contributed by atoms with E-state index in [-0.39, 0.29) is 11.7 Å². The van der Waals surface area contributed by atoms with Crippen LogP contribution in [0.25, 0.3) is 5.69 Å². The Balaban J connectivity index is 1.45. The van der Waals surface area contributed by atoms with Gasteiger partial charge in [-0.3, -0.25) is 9.59 Å². The zero-order valence-corrected chi connectivity index (χ0v) is 19.5. The fourth-order valence-electron chi connectivity index (χ4n) is 3.75. The van der Waals surface area contributed by atoms with Crippen molar-refractivity contribution >= 4 is 29.1 Å². The lowest BCUT2D eigenvalue weighted by Crippen LogP contribution is -2.19. The molecule has 1 atom stereocenters. The maximum absolute atomic E-state index is 13.4. The minimum Gasteiger partial charge on any atom is -0.325 e. The number of benzene rings is 3. The Hall–Kier alpha value is -3.71. The number of amides is 1. The van der Waals surface area contributed by atoms with Crippen molar-refractivity contribution in [3.63, 3.8) is 0 Å². The van der Waals surface area contributed by atoms with Crippen LogP contribution in [0, 0.1) is 0 Å². The smallest absolute Gasteiger partial charge is 0.242 e. The summed E-state index contributed by atoms with van der Waals surface area (Å²) in [7, 11) is 0. The maximum Gasteiger partial charge on any atom is 0.242 e. The lowest BCUT2D eigenvalue weighted by atomic mass is 10.1. The van der Waals surface area contributed by atoms with Gasteiger partial charge in [0.15, 0.2) is 5.78 Å². The molecule has 5 rings (SSSR count). The number of nitrogens with zero attached hydrogens (tertiary/aromatic N) is 3. The molecule has 7 heteroatoms. The van der Waals surface area contributed by atoms with Crippen LogP contribution in [0.5, 0.6) is 0 Å². The molecule has 3 aromatic carbocycles. The Morgan fingerprint density at radius 1 is 0.971 bits per heavy atom. The van der Waals surface area contributed by atoms with Crippen LogP contribution in [-0.4, -0.2) is 26.5 Å². The van der Waals surface area contributed by atoms with Crippen LogP contribution < -0.4 is 5.32 Å². The number of Topliss-reactive ketones (excluding diaryl/α,β-unsaturated/α-hetero) is 1. The van der Waals surface area contributed by atoms with E-state index in [4.69, 9.17) is 10.1 Å². The highest BCUT2D eigenvalue weighted by atomic mass is 32.2. The number of carbonyl (C=O) groups is 2. The van der Waals surface area contributed by atoms with Crippen LogP contribution >= 0.6 is 11.8 Å². The second kappa shape index (κ2) is 9.65. The first-order valence-electron chi connectivity index (χ1n) is 11.2. The van der Waals surface area contributed by atoms with Gasteiger partial charge in [0.2, 0.25) is 11.1 Å². The molecule has 1 N–H and O–H groups in total. The summed E-state index contributed by atoms with van der Waals surface area (Å²) in [4.78, 5) is 30.0. The Morgan fingerprint density at radius 3 is 2.35 bits per heavy atom. The van der Waals surface area contributed by atoms with Crippen molar-refractivity contribution in [2.24, 2.45) is 0 Å². The fourth-order valence-corrected chi connectivity index (χ4v) is 4.69. The number of hydrogen-bond donors (Lipinski definition) is 1. The Kier molecular flexibility index (Phi) is 6.27. The topological polar surface area (TPSA) is 76.9 Å². The molecule has 0 saturated heterocycles. The third-order valence-electron chi connectivity index (χ3n) is 5.66. The Morgan fingerprint density at radius 2 is 1.68 bits per heavy atom. The molecular formula is C27H24N4O2S. The Labute approximate surface area is 202 Å². The predicted molar refractivity (Wildman–Crippen MR) is 133 cm³/mol. The van der Waals surface area contributed by atoms with E-state index in [0.717, 1.165) is 29.9 Å². The number of hydrogen-bond acceptors (Lipinski definition) is 5. The predicted octanol–water partition coefficient (Wildman–Crippen LogP) is 5.82. The zero-order valence-electron chi connectivity index (χ0n) is 18.7. The molecule has 0 unspecified atom stereocenters. The monoisotopic (exact) mass is 468 g/mol. The number of rotatable bonds is 8. The third-order valence-corrected chi connectivity index (χ3v) is 6.76. The quantitative estimate of drug-likeness (QED) is 0.260. The van der Waals surface area contributed by atoms with Crippen molar-refractivity contribution < 1.29 is 9.59 Å². The summed E-state index contributed by atoms with van der Waals surface area (Å²) in [6.07, 6.45) is 2.20. The molecule has 1 heterocycles. The van der Waals surface area contributed by atoms with Gasteiger partial charge in [0.25, 0.3) is 0 Å². The van der Waals surface area contributed by atoms with Crippen molar-refractivity contribution in [3.8, 4) is 5.69 Å². The largest absolute Gasteiger partial charge is 0.325 e. The minimum atomic E-state index is -0.555. The number of thioether (sulfide) groups is 1.